The van der Waals surface area contributed by atoms with Gasteiger partial charge in [0.1, 0.15) is 29.9 Å². The topological polar surface area (TPSA) is 132 Å². The normalized spacial score (nSPS) is 12.4. The molecule has 0 fully saturated rings. The van der Waals surface area contributed by atoms with E-state index in [9.17, 15) is 4.79 Å². The zero-order chi connectivity index (χ0) is 33.4. The number of benzene rings is 1. The summed E-state index contributed by atoms with van der Waals surface area (Å²) in [6.45, 7) is 17.6. The molecule has 1 atom stereocenters. The maximum Gasteiger partial charge on any atom is 0.271 e. The van der Waals surface area contributed by atoms with Crippen molar-refractivity contribution in [1.29, 1.82) is 0 Å². The number of aromatic amines is 1. The second kappa shape index (κ2) is 19.1. The third kappa shape index (κ3) is 10.6. The standard InChI is InChI=1S/C31H45FN8O.C3H4O/c1-7-14-40(11-5)30-25-17-28(38-29(25)35-20-36-30)24-13-12-23(16-26(24)32)37-31(41)27(33)15-21(8-2)18-39(10-4)19-22(9-3)34-6;1-2-3-4/h8,12-13,15-17,20,22,34H,7,9-11,14,18-19,33H2,1-6H3,(H,37,41)(H,35,36,38);2-3H,1H2/b21-8+,27-15-;. The van der Waals surface area contributed by atoms with Crippen LogP contribution in [-0.2, 0) is 9.59 Å². The van der Waals surface area contributed by atoms with Crippen molar-refractivity contribution in [3.63, 3.8) is 0 Å². The van der Waals surface area contributed by atoms with E-state index in [1.54, 1.807) is 18.2 Å². The lowest BCUT2D eigenvalue weighted by molar-refractivity contribution is -0.113. The van der Waals surface area contributed by atoms with Gasteiger partial charge >= 0.3 is 0 Å². The minimum absolute atomic E-state index is 0.0635. The number of allylic oxidation sites excluding steroid dienone is 2. The predicted molar refractivity (Wildman–Crippen MR) is 184 cm³/mol. The van der Waals surface area contributed by atoms with Crippen LogP contribution in [0.25, 0.3) is 22.3 Å². The molecule has 0 bridgehead atoms. The zero-order valence-corrected chi connectivity index (χ0v) is 27.5. The second-order valence-corrected chi connectivity index (χ2v) is 10.4. The summed E-state index contributed by atoms with van der Waals surface area (Å²) in [5, 5.41) is 6.88. The first kappa shape index (κ1) is 36.8. The summed E-state index contributed by atoms with van der Waals surface area (Å²) in [5.41, 5.74) is 9.08. The Balaban J connectivity index is 0.00000166. The average molecular weight is 621 g/mol. The predicted octanol–water partition coefficient (Wildman–Crippen LogP) is 5.42. The van der Waals surface area contributed by atoms with Crippen LogP contribution in [0.1, 0.15) is 47.5 Å². The summed E-state index contributed by atoms with van der Waals surface area (Å²) in [4.78, 5) is 38.4. The molecule has 0 aliphatic rings. The Bertz CT molecular complexity index is 1460. The van der Waals surface area contributed by atoms with Gasteiger partial charge in [0.05, 0.1) is 16.8 Å². The molecule has 1 amide bonds. The molecule has 45 heavy (non-hydrogen) atoms. The van der Waals surface area contributed by atoms with E-state index in [4.69, 9.17) is 10.5 Å². The van der Waals surface area contributed by atoms with E-state index in [0.29, 0.717) is 41.5 Å². The summed E-state index contributed by atoms with van der Waals surface area (Å²) >= 11 is 0. The number of H-pyrrole nitrogens is 1. The molecule has 244 valence electrons. The van der Waals surface area contributed by atoms with E-state index in [2.05, 4.69) is 69.7 Å². The highest BCUT2D eigenvalue weighted by molar-refractivity contribution is 6.03. The number of likely N-dealkylation sites (N-methyl/N-ethyl adjacent to an activating group) is 2. The first-order valence-corrected chi connectivity index (χ1v) is 15.5. The maximum atomic E-state index is 15.3. The number of carbonyl (C=O) groups is 2. The summed E-state index contributed by atoms with van der Waals surface area (Å²) in [6, 6.07) is 6.86. The number of fused-ring (bicyclic) bond motifs is 1. The van der Waals surface area contributed by atoms with Crippen LogP contribution >= 0.6 is 0 Å². The number of halogens is 1. The third-order valence-electron chi connectivity index (χ3n) is 7.40. The largest absolute Gasteiger partial charge is 0.394 e. The third-order valence-corrected chi connectivity index (χ3v) is 7.40. The second-order valence-electron chi connectivity index (χ2n) is 10.4. The number of amides is 1. The molecule has 0 radical (unpaired) electrons. The molecule has 0 saturated carbocycles. The van der Waals surface area contributed by atoms with Gasteiger partial charge in [-0.15, -0.1) is 0 Å². The van der Waals surface area contributed by atoms with Gasteiger partial charge in [0.15, 0.2) is 0 Å². The molecule has 1 aromatic carbocycles. The van der Waals surface area contributed by atoms with Gasteiger partial charge in [-0.25, -0.2) is 14.4 Å². The molecule has 10 nitrogen and oxygen atoms in total. The van der Waals surface area contributed by atoms with Crippen LogP contribution in [0, 0.1) is 5.82 Å². The molecule has 0 saturated heterocycles. The molecule has 0 aliphatic carbocycles. The Morgan fingerprint density at radius 2 is 1.91 bits per heavy atom. The number of hydrogen-bond acceptors (Lipinski definition) is 8. The molecule has 3 rings (SSSR count). The average Bonchev–Trinajstić information content (AvgIpc) is 3.49. The molecule has 3 aromatic rings. The fourth-order valence-corrected chi connectivity index (χ4v) is 4.81. The highest BCUT2D eigenvalue weighted by Gasteiger charge is 2.17. The number of nitrogens with one attached hydrogen (secondary N) is 3. The number of aldehydes is 1. The van der Waals surface area contributed by atoms with Gasteiger partial charge in [-0.3, -0.25) is 14.5 Å². The molecular weight excluding hydrogens is 571 g/mol. The minimum atomic E-state index is -0.484. The van der Waals surface area contributed by atoms with Gasteiger partial charge in [0, 0.05) is 43.5 Å². The Morgan fingerprint density at radius 1 is 1.18 bits per heavy atom. The molecule has 0 spiro atoms. The smallest absolute Gasteiger partial charge is 0.271 e. The Kier molecular flexibility index (Phi) is 15.7. The van der Waals surface area contributed by atoms with E-state index in [1.807, 2.05) is 26.1 Å². The van der Waals surface area contributed by atoms with E-state index in [0.717, 1.165) is 55.8 Å². The zero-order valence-electron chi connectivity index (χ0n) is 27.5. The van der Waals surface area contributed by atoms with Crippen LogP contribution < -0.4 is 21.3 Å². The number of nitrogens with zero attached hydrogens (tertiary/aromatic N) is 4. The number of aromatic nitrogens is 3. The summed E-state index contributed by atoms with van der Waals surface area (Å²) in [5.74, 6) is -0.138. The van der Waals surface area contributed by atoms with Crippen molar-refractivity contribution in [3.8, 4) is 11.3 Å². The van der Waals surface area contributed by atoms with Crippen molar-refractivity contribution in [3.05, 3.63) is 72.5 Å². The fourth-order valence-electron chi connectivity index (χ4n) is 4.81. The van der Waals surface area contributed by atoms with E-state index in [-0.39, 0.29) is 5.70 Å². The molecule has 5 N–H and O–H groups in total. The molecule has 1 unspecified atom stereocenters. The van der Waals surface area contributed by atoms with Crippen molar-refractivity contribution in [2.75, 3.05) is 50.0 Å². The molecule has 11 heteroatoms. The maximum absolute atomic E-state index is 15.3. The summed E-state index contributed by atoms with van der Waals surface area (Å²) < 4.78 is 15.3. The van der Waals surface area contributed by atoms with Crippen molar-refractivity contribution in [2.24, 2.45) is 5.73 Å². The molecule has 2 aromatic heterocycles. The molecule has 2 heterocycles. The minimum Gasteiger partial charge on any atom is -0.394 e. The van der Waals surface area contributed by atoms with Crippen molar-refractivity contribution < 1.29 is 14.0 Å². The SMILES string of the molecule is C/C=C(\C=C(/N)C(=O)Nc1ccc(-c2cc3c(N(CC)CCC)ncnc3[nH]2)c(F)c1)CN(CC)CC(CC)NC.C=CC=O. The first-order valence-electron chi connectivity index (χ1n) is 15.5. The lowest BCUT2D eigenvalue weighted by Gasteiger charge is -2.26. The van der Waals surface area contributed by atoms with Crippen LogP contribution in [0.2, 0.25) is 0 Å². The van der Waals surface area contributed by atoms with E-state index >= 15 is 4.39 Å². The van der Waals surface area contributed by atoms with Gasteiger partial charge in [-0.05, 0) is 82.3 Å². The van der Waals surface area contributed by atoms with E-state index < -0.39 is 11.7 Å². The van der Waals surface area contributed by atoms with Crippen LogP contribution in [-0.4, -0.2) is 77.9 Å². The van der Waals surface area contributed by atoms with E-state index in [1.165, 1.54) is 18.5 Å². The number of anilines is 2. The van der Waals surface area contributed by atoms with Gasteiger partial charge in [0.2, 0.25) is 0 Å². The lowest BCUT2D eigenvalue weighted by Crippen LogP contribution is -2.39. The molecular formula is C34H49FN8O2. The number of nitrogens with two attached hydrogens (primary N) is 1. The quantitative estimate of drug-likeness (QED) is 0.0949. The fraction of sp³-hybridized carbons (Fsp3) is 0.412. The van der Waals surface area contributed by atoms with Crippen LogP contribution in [0.4, 0.5) is 15.9 Å². The van der Waals surface area contributed by atoms with Crippen LogP contribution in [0.15, 0.2) is 66.7 Å². The van der Waals surface area contributed by atoms with Gasteiger partial charge in [0.25, 0.3) is 5.91 Å². The number of rotatable bonds is 16. The Hall–Kier alpha value is -4.35. The summed E-state index contributed by atoms with van der Waals surface area (Å²) in [6.07, 6.45) is 9.01. The molecule has 0 aliphatic heterocycles. The van der Waals surface area contributed by atoms with Crippen molar-refractivity contribution >= 4 is 34.7 Å². The van der Waals surface area contributed by atoms with Crippen molar-refractivity contribution in [2.45, 2.75) is 53.5 Å². The van der Waals surface area contributed by atoms with Crippen LogP contribution in [0.5, 0.6) is 0 Å². The number of carbonyl (C=O) groups excluding carboxylic acids is 2. The van der Waals surface area contributed by atoms with Crippen molar-refractivity contribution in [1.82, 2.24) is 25.2 Å². The van der Waals surface area contributed by atoms with Gasteiger partial charge in [-0.1, -0.05) is 33.4 Å². The highest BCUT2D eigenvalue weighted by Crippen LogP contribution is 2.31. The highest BCUT2D eigenvalue weighted by atomic mass is 19.1. The van der Waals surface area contributed by atoms with Crippen LogP contribution in [0.3, 0.4) is 0 Å². The first-order chi connectivity index (χ1) is 21.7. The summed E-state index contributed by atoms with van der Waals surface area (Å²) in [7, 11) is 1.97. The monoisotopic (exact) mass is 620 g/mol. The lowest BCUT2D eigenvalue weighted by atomic mass is 10.1. The Morgan fingerprint density at radius 3 is 2.47 bits per heavy atom. The number of hydrogen-bond donors (Lipinski definition) is 4. The Labute approximate surface area is 266 Å². The van der Waals surface area contributed by atoms with Gasteiger partial charge < -0.3 is 26.3 Å². The van der Waals surface area contributed by atoms with Gasteiger partial charge in [-0.2, -0.15) is 0 Å².